The Kier molecular flexibility index (Phi) is 4.86. The third-order valence-electron chi connectivity index (χ3n) is 4.41. The smallest absolute Gasteiger partial charge is 0.0853 e. The van der Waals surface area contributed by atoms with E-state index < -0.39 is 0 Å². The number of likely N-dealkylation sites (tertiary alicyclic amines) is 1. The molecule has 1 atom stereocenters. The summed E-state index contributed by atoms with van der Waals surface area (Å²) in [7, 11) is 1.99. The van der Waals surface area contributed by atoms with Crippen LogP contribution in [-0.4, -0.2) is 40.4 Å². The molecule has 1 fully saturated rings. The van der Waals surface area contributed by atoms with Crippen LogP contribution in [0.5, 0.6) is 0 Å². The zero-order valence-corrected chi connectivity index (χ0v) is 12.8. The average molecular weight is 264 g/mol. The van der Waals surface area contributed by atoms with Crippen molar-refractivity contribution in [1.29, 1.82) is 0 Å². The van der Waals surface area contributed by atoms with Gasteiger partial charge < -0.3 is 10.2 Å². The van der Waals surface area contributed by atoms with Crippen LogP contribution in [0, 0.1) is 5.92 Å². The van der Waals surface area contributed by atoms with E-state index in [1.807, 2.05) is 11.7 Å². The van der Waals surface area contributed by atoms with Crippen molar-refractivity contribution in [3.63, 3.8) is 0 Å². The van der Waals surface area contributed by atoms with Crippen LogP contribution in [0.2, 0.25) is 0 Å². The van der Waals surface area contributed by atoms with Crippen molar-refractivity contribution >= 4 is 5.69 Å². The van der Waals surface area contributed by atoms with E-state index in [1.165, 1.54) is 43.9 Å². The summed E-state index contributed by atoms with van der Waals surface area (Å²) in [4.78, 5) is 2.55. The Morgan fingerprint density at radius 1 is 1.37 bits per heavy atom. The van der Waals surface area contributed by atoms with Crippen LogP contribution in [0.15, 0.2) is 6.20 Å². The monoisotopic (exact) mass is 264 g/mol. The third kappa shape index (κ3) is 3.50. The second kappa shape index (κ2) is 6.42. The Morgan fingerprint density at radius 2 is 2.05 bits per heavy atom. The van der Waals surface area contributed by atoms with E-state index in [0.29, 0.717) is 6.04 Å². The van der Waals surface area contributed by atoms with Crippen molar-refractivity contribution in [3.8, 4) is 0 Å². The maximum atomic E-state index is 4.50. The molecule has 0 aromatic carbocycles. The second-order valence-electron chi connectivity index (χ2n) is 5.72. The van der Waals surface area contributed by atoms with Gasteiger partial charge in [0.1, 0.15) is 0 Å². The molecule has 1 aliphatic rings. The third-order valence-corrected chi connectivity index (χ3v) is 4.41. The maximum absolute atomic E-state index is 4.50. The number of nitrogens with zero attached hydrogens (tertiary/aromatic N) is 3. The van der Waals surface area contributed by atoms with Crippen LogP contribution in [0.4, 0.5) is 5.69 Å². The maximum Gasteiger partial charge on any atom is 0.0853 e. The number of nitrogens with one attached hydrogen (secondary N) is 1. The summed E-state index contributed by atoms with van der Waals surface area (Å²) >= 11 is 0. The molecule has 1 aliphatic heterocycles. The molecule has 0 spiro atoms. The van der Waals surface area contributed by atoms with Crippen LogP contribution in [0.3, 0.4) is 0 Å². The number of hydrogen-bond donors (Lipinski definition) is 1. The van der Waals surface area contributed by atoms with Gasteiger partial charge in [0.15, 0.2) is 0 Å². The molecule has 1 unspecified atom stereocenters. The van der Waals surface area contributed by atoms with Crippen molar-refractivity contribution in [2.75, 3.05) is 25.0 Å². The molecule has 4 heteroatoms. The van der Waals surface area contributed by atoms with Crippen molar-refractivity contribution in [2.24, 2.45) is 13.0 Å². The van der Waals surface area contributed by atoms with Gasteiger partial charge in [0.25, 0.3) is 0 Å². The lowest BCUT2D eigenvalue weighted by Gasteiger charge is -2.34. The highest BCUT2D eigenvalue weighted by Crippen LogP contribution is 2.24. The number of rotatable bonds is 5. The van der Waals surface area contributed by atoms with Gasteiger partial charge in [-0.2, -0.15) is 5.10 Å². The summed E-state index contributed by atoms with van der Waals surface area (Å²) in [5, 5.41) is 8.18. The number of piperidine rings is 1. The van der Waals surface area contributed by atoms with E-state index in [1.54, 1.807) is 0 Å². The first-order chi connectivity index (χ1) is 9.13. The van der Waals surface area contributed by atoms with Crippen molar-refractivity contribution in [3.05, 3.63) is 11.9 Å². The first-order valence-corrected chi connectivity index (χ1v) is 7.65. The van der Waals surface area contributed by atoms with E-state index in [4.69, 9.17) is 0 Å². The summed E-state index contributed by atoms with van der Waals surface area (Å²) in [5.41, 5.74) is 2.40. The fourth-order valence-electron chi connectivity index (χ4n) is 3.05. The number of aryl methyl sites for hydroxylation is 2. The highest BCUT2D eigenvalue weighted by Gasteiger charge is 2.23. The van der Waals surface area contributed by atoms with Crippen molar-refractivity contribution in [2.45, 2.75) is 46.1 Å². The molecule has 1 N–H and O–H groups in total. The Labute approximate surface area is 117 Å². The zero-order valence-electron chi connectivity index (χ0n) is 12.8. The Balaban J connectivity index is 1.92. The Hall–Kier alpha value is -1.03. The summed E-state index contributed by atoms with van der Waals surface area (Å²) in [6.45, 7) is 10.4. The standard InChI is InChI=1S/C15H28N4/c1-5-14-15(11-18(4)17-14)16-12(3)13-7-9-19(6-2)10-8-13/h11-13,16H,5-10H2,1-4H3. The quantitative estimate of drug-likeness (QED) is 0.887. The molecule has 2 heterocycles. The molecular weight excluding hydrogens is 236 g/mol. The van der Waals surface area contributed by atoms with Gasteiger partial charge in [0.05, 0.1) is 11.4 Å². The molecule has 1 saturated heterocycles. The van der Waals surface area contributed by atoms with E-state index in [0.717, 1.165) is 12.3 Å². The van der Waals surface area contributed by atoms with Crippen LogP contribution < -0.4 is 5.32 Å². The minimum absolute atomic E-state index is 0.536. The summed E-state index contributed by atoms with van der Waals surface area (Å²) in [6.07, 6.45) is 5.72. The molecule has 0 bridgehead atoms. The Morgan fingerprint density at radius 3 is 2.63 bits per heavy atom. The zero-order chi connectivity index (χ0) is 13.8. The summed E-state index contributed by atoms with van der Waals surface area (Å²) < 4.78 is 1.91. The molecule has 0 amide bonds. The minimum Gasteiger partial charge on any atom is -0.380 e. The molecule has 2 rings (SSSR count). The molecule has 4 nitrogen and oxygen atoms in total. The largest absolute Gasteiger partial charge is 0.380 e. The van der Waals surface area contributed by atoms with Crippen LogP contribution >= 0.6 is 0 Å². The normalized spacial score (nSPS) is 19.6. The highest BCUT2D eigenvalue weighted by atomic mass is 15.3. The summed E-state index contributed by atoms with van der Waals surface area (Å²) in [6, 6.07) is 0.536. The molecule has 1 aromatic rings. The topological polar surface area (TPSA) is 33.1 Å². The van der Waals surface area contributed by atoms with Gasteiger partial charge in [-0.05, 0) is 51.7 Å². The SMILES string of the molecule is CCc1nn(C)cc1NC(C)C1CCN(CC)CC1. The van der Waals surface area contributed by atoms with E-state index >= 15 is 0 Å². The fourth-order valence-corrected chi connectivity index (χ4v) is 3.05. The Bertz CT molecular complexity index is 391. The molecule has 108 valence electrons. The fraction of sp³-hybridized carbons (Fsp3) is 0.800. The number of hydrogen-bond acceptors (Lipinski definition) is 3. The van der Waals surface area contributed by atoms with Gasteiger partial charge in [0, 0.05) is 19.3 Å². The molecule has 1 aromatic heterocycles. The van der Waals surface area contributed by atoms with Crippen molar-refractivity contribution < 1.29 is 0 Å². The lowest BCUT2D eigenvalue weighted by Crippen LogP contribution is -2.39. The van der Waals surface area contributed by atoms with Gasteiger partial charge in [-0.15, -0.1) is 0 Å². The van der Waals surface area contributed by atoms with Crippen LogP contribution in [0.25, 0.3) is 0 Å². The number of anilines is 1. The first-order valence-electron chi connectivity index (χ1n) is 7.65. The minimum atomic E-state index is 0.536. The predicted molar refractivity (Wildman–Crippen MR) is 80.5 cm³/mol. The van der Waals surface area contributed by atoms with Gasteiger partial charge in [-0.25, -0.2) is 0 Å². The molecule has 19 heavy (non-hydrogen) atoms. The second-order valence-corrected chi connectivity index (χ2v) is 5.72. The molecule has 0 saturated carbocycles. The predicted octanol–water partition coefficient (Wildman–Crippen LogP) is 2.51. The molecular formula is C15H28N4. The van der Waals surface area contributed by atoms with Gasteiger partial charge in [0.2, 0.25) is 0 Å². The van der Waals surface area contributed by atoms with Crippen molar-refractivity contribution in [1.82, 2.24) is 14.7 Å². The van der Waals surface area contributed by atoms with Gasteiger partial charge >= 0.3 is 0 Å². The lowest BCUT2D eigenvalue weighted by atomic mass is 9.90. The van der Waals surface area contributed by atoms with E-state index in [-0.39, 0.29) is 0 Å². The average Bonchev–Trinajstić information content (AvgIpc) is 2.78. The molecule has 0 radical (unpaired) electrons. The van der Waals surface area contributed by atoms with E-state index in [2.05, 4.69) is 42.3 Å². The summed E-state index contributed by atoms with van der Waals surface area (Å²) in [5.74, 6) is 0.785. The van der Waals surface area contributed by atoms with Gasteiger partial charge in [-0.1, -0.05) is 13.8 Å². The lowest BCUT2D eigenvalue weighted by molar-refractivity contribution is 0.183. The van der Waals surface area contributed by atoms with Crippen LogP contribution in [-0.2, 0) is 13.5 Å². The molecule has 0 aliphatic carbocycles. The first kappa shape index (κ1) is 14.4. The number of aromatic nitrogens is 2. The van der Waals surface area contributed by atoms with Crippen LogP contribution in [0.1, 0.15) is 39.3 Å². The van der Waals surface area contributed by atoms with E-state index in [9.17, 15) is 0 Å². The highest BCUT2D eigenvalue weighted by molar-refractivity contribution is 5.47. The van der Waals surface area contributed by atoms with Gasteiger partial charge in [-0.3, -0.25) is 4.68 Å².